The van der Waals surface area contributed by atoms with Crippen LogP contribution >= 0.6 is 0 Å². The van der Waals surface area contributed by atoms with Crippen molar-refractivity contribution in [1.82, 2.24) is 0 Å². The van der Waals surface area contributed by atoms with Crippen molar-refractivity contribution in [2.45, 2.75) is 49.2 Å². The third-order valence-corrected chi connectivity index (χ3v) is 9.54. The van der Waals surface area contributed by atoms with Crippen molar-refractivity contribution < 1.29 is 12.4 Å². The van der Waals surface area contributed by atoms with Crippen LogP contribution in [0.2, 0.25) is 0 Å². The number of hydrogen-bond donors (Lipinski definition) is 0. The van der Waals surface area contributed by atoms with E-state index in [0.717, 1.165) is 11.5 Å². The van der Waals surface area contributed by atoms with Crippen molar-refractivity contribution in [3.05, 3.63) is 59.7 Å². The minimum atomic E-state index is 0.156. The van der Waals surface area contributed by atoms with Crippen LogP contribution in [0.1, 0.15) is 60.3 Å². The molecule has 0 aliphatic rings. The Labute approximate surface area is 177 Å². The molecular formula is C22H30O3Se2. The van der Waals surface area contributed by atoms with E-state index in [2.05, 4.69) is 62.4 Å². The molecule has 0 fully saturated rings. The second-order valence-electron chi connectivity index (χ2n) is 6.36. The van der Waals surface area contributed by atoms with Gasteiger partial charge in [0.05, 0.1) is 0 Å². The molecule has 0 saturated heterocycles. The second-order valence-corrected chi connectivity index (χ2v) is 11.3. The first-order chi connectivity index (χ1) is 13.2. The minimum absolute atomic E-state index is 0.156. The predicted molar refractivity (Wildman–Crippen MR) is 114 cm³/mol. The third kappa shape index (κ3) is 7.17. The molecule has 0 radical (unpaired) electrons. The van der Waals surface area contributed by atoms with Gasteiger partial charge in [-0.05, 0) is 0 Å². The summed E-state index contributed by atoms with van der Waals surface area (Å²) in [6, 6.07) is 16.9. The molecule has 0 amide bonds. The third-order valence-electron chi connectivity index (χ3n) is 4.39. The average Bonchev–Trinajstić information content (AvgIpc) is 2.72. The summed E-state index contributed by atoms with van der Waals surface area (Å²) in [7, 11) is 3.42. The number of rotatable bonds is 12. The fraction of sp³-hybridized carbons (Fsp3) is 0.455. The van der Waals surface area contributed by atoms with Crippen LogP contribution in [0.5, 0.6) is 11.5 Å². The summed E-state index contributed by atoms with van der Waals surface area (Å²) < 4.78 is 16.9. The van der Waals surface area contributed by atoms with Crippen molar-refractivity contribution in [2.75, 3.05) is 14.2 Å². The monoisotopic (exact) mass is 502 g/mol. The Morgan fingerprint density at radius 3 is 1.33 bits per heavy atom. The van der Waals surface area contributed by atoms with Crippen LogP contribution in [-0.4, -0.2) is 44.8 Å². The number of methoxy groups -OCH3 is 2. The Hall–Kier alpha value is -0.961. The van der Waals surface area contributed by atoms with Gasteiger partial charge in [-0.2, -0.15) is 0 Å². The van der Waals surface area contributed by atoms with Gasteiger partial charge < -0.3 is 0 Å². The molecule has 0 aliphatic carbocycles. The van der Waals surface area contributed by atoms with Gasteiger partial charge >= 0.3 is 177 Å². The van der Waals surface area contributed by atoms with E-state index < -0.39 is 0 Å². The molecule has 0 aliphatic heterocycles. The number of hydrogen-bond acceptors (Lipinski definition) is 3. The Bertz CT molecular complexity index is 586. The van der Waals surface area contributed by atoms with Crippen LogP contribution in [-0.2, 0) is 2.90 Å². The quantitative estimate of drug-likeness (QED) is 0.369. The van der Waals surface area contributed by atoms with Gasteiger partial charge in [-0.1, -0.05) is 0 Å². The van der Waals surface area contributed by atoms with E-state index >= 15 is 0 Å². The van der Waals surface area contributed by atoms with Crippen LogP contribution in [0.25, 0.3) is 0 Å². The molecule has 2 unspecified atom stereocenters. The molecule has 0 N–H and O–H groups in total. The predicted octanol–water partition coefficient (Wildman–Crippen LogP) is 5.34. The van der Waals surface area contributed by atoms with Crippen molar-refractivity contribution in [3.8, 4) is 11.5 Å². The van der Waals surface area contributed by atoms with Crippen LogP contribution in [0.3, 0.4) is 0 Å². The fourth-order valence-corrected chi connectivity index (χ4v) is 8.39. The number of benzene rings is 2. The summed E-state index contributed by atoms with van der Waals surface area (Å²) in [5.74, 6) is 1.82. The van der Waals surface area contributed by atoms with Crippen LogP contribution in [0.15, 0.2) is 48.5 Å². The summed E-state index contributed by atoms with van der Waals surface area (Å²) in [5, 5.41) is 0. The zero-order valence-corrected chi connectivity index (χ0v) is 20.1. The summed E-state index contributed by atoms with van der Waals surface area (Å²) in [5.41, 5.74) is 2.73. The Morgan fingerprint density at radius 1 is 0.667 bits per heavy atom. The molecular weight excluding hydrogens is 470 g/mol. The molecule has 0 heterocycles. The maximum absolute atomic E-state index is 6.35. The van der Waals surface area contributed by atoms with E-state index in [1.165, 1.54) is 36.8 Å². The molecule has 0 aromatic heterocycles. The van der Waals surface area contributed by atoms with Gasteiger partial charge in [0, 0.05) is 0 Å². The molecule has 3 nitrogen and oxygen atoms in total. The van der Waals surface area contributed by atoms with Crippen molar-refractivity contribution in [2.24, 2.45) is 0 Å². The molecule has 0 spiro atoms. The first-order valence-corrected chi connectivity index (χ1v) is 12.9. The first kappa shape index (κ1) is 22.3. The maximum atomic E-state index is 6.35. The summed E-state index contributed by atoms with van der Waals surface area (Å²) >= 11 is 0.312. The molecule has 5 heteroatoms. The fourth-order valence-electron chi connectivity index (χ4n) is 2.82. The average molecular weight is 500 g/mol. The topological polar surface area (TPSA) is 27.7 Å². The van der Waals surface area contributed by atoms with Gasteiger partial charge in [-0.15, -0.1) is 0 Å². The Kier molecular flexibility index (Phi) is 10.3. The van der Waals surface area contributed by atoms with E-state index in [-0.39, 0.29) is 30.6 Å². The molecule has 2 atom stereocenters. The zero-order chi connectivity index (χ0) is 19.5. The molecule has 27 heavy (non-hydrogen) atoms. The van der Waals surface area contributed by atoms with E-state index in [9.17, 15) is 0 Å². The van der Waals surface area contributed by atoms with Crippen LogP contribution < -0.4 is 9.47 Å². The summed E-state index contributed by atoms with van der Waals surface area (Å²) in [6.45, 7) is 4.49. The van der Waals surface area contributed by atoms with E-state index in [4.69, 9.17) is 12.4 Å². The van der Waals surface area contributed by atoms with Gasteiger partial charge in [-0.3, -0.25) is 0 Å². The van der Waals surface area contributed by atoms with E-state index in [0.29, 0.717) is 9.63 Å². The second kappa shape index (κ2) is 12.5. The van der Waals surface area contributed by atoms with Gasteiger partial charge in [0.15, 0.2) is 0 Å². The van der Waals surface area contributed by atoms with E-state index in [1.54, 1.807) is 14.2 Å². The Morgan fingerprint density at radius 2 is 1.04 bits per heavy atom. The standard InChI is InChI=1S/C22H30O3Se2/c1-5-7-21(17-9-13-19(23-3)14-10-17)26-25-27-22(8-6-2)18-11-15-20(24-4)16-12-18/h9-16,21-22H,5-8H2,1-4H3. The van der Waals surface area contributed by atoms with Crippen LogP contribution in [0.4, 0.5) is 0 Å². The molecule has 2 rings (SSSR count). The summed E-state index contributed by atoms with van der Waals surface area (Å²) in [4.78, 5) is 1.02. The molecule has 148 valence electrons. The first-order valence-electron chi connectivity index (χ1n) is 9.48. The van der Waals surface area contributed by atoms with Crippen molar-refractivity contribution in [3.63, 3.8) is 0 Å². The van der Waals surface area contributed by atoms with E-state index in [1.807, 2.05) is 0 Å². The van der Waals surface area contributed by atoms with Gasteiger partial charge in [0.1, 0.15) is 0 Å². The zero-order valence-electron chi connectivity index (χ0n) is 16.6. The molecule has 0 bridgehead atoms. The Balaban J connectivity index is 1.96. The molecule has 0 saturated carbocycles. The molecule has 2 aromatic rings. The SMILES string of the molecule is CCCC([Se]O[Se]C(CCC)c1ccc(OC)cc1)c1ccc(OC)cc1. The van der Waals surface area contributed by atoms with Crippen molar-refractivity contribution >= 4 is 30.6 Å². The van der Waals surface area contributed by atoms with Gasteiger partial charge in [0.2, 0.25) is 0 Å². The molecule has 2 aromatic carbocycles. The van der Waals surface area contributed by atoms with Crippen LogP contribution in [0, 0.1) is 0 Å². The normalized spacial score (nSPS) is 13.2. The van der Waals surface area contributed by atoms with Gasteiger partial charge in [0.25, 0.3) is 0 Å². The number of ether oxygens (including phenoxy) is 2. The van der Waals surface area contributed by atoms with Gasteiger partial charge in [-0.25, -0.2) is 0 Å². The summed E-state index contributed by atoms with van der Waals surface area (Å²) in [6.07, 6.45) is 4.68. The van der Waals surface area contributed by atoms with Crippen molar-refractivity contribution in [1.29, 1.82) is 0 Å².